The van der Waals surface area contributed by atoms with Crippen molar-refractivity contribution in [3.8, 4) is 5.75 Å². The van der Waals surface area contributed by atoms with Gasteiger partial charge in [0.2, 0.25) is 5.75 Å². The van der Waals surface area contributed by atoms with Crippen LogP contribution in [0.1, 0.15) is 21.7 Å². The molecule has 32 heavy (non-hydrogen) atoms. The number of fused-ring (bicyclic) bond motifs is 1. The third-order valence-corrected chi connectivity index (χ3v) is 6.38. The molecule has 10 heteroatoms. The zero-order chi connectivity index (χ0) is 22.7. The van der Waals surface area contributed by atoms with Crippen LogP contribution < -0.4 is 9.50 Å². The second kappa shape index (κ2) is 9.01. The molecule has 1 N–H and O–H groups in total. The highest BCUT2D eigenvalue weighted by atomic mass is 79.9. The number of nitrogens with one attached hydrogen (secondary N) is 1. The average Bonchev–Trinajstić information content (AvgIpc) is 2.80. The normalized spacial score (nSPS) is 11.3. The van der Waals surface area contributed by atoms with Gasteiger partial charge in [-0.1, -0.05) is 23.8 Å². The summed E-state index contributed by atoms with van der Waals surface area (Å²) in [4.78, 5) is 25.6. The maximum absolute atomic E-state index is 13.0. The molecule has 1 aromatic carbocycles. The number of pyridine rings is 3. The van der Waals surface area contributed by atoms with Crippen LogP contribution >= 0.6 is 15.9 Å². The molecule has 4 aromatic rings. The molecule has 0 fully saturated rings. The minimum Gasteiger partial charge on any atom is -0.374 e. The molecule has 0 aliphatic heterocycles. The number of benzene rings is 1. The Balaban J connectivity index is 1.76. The molecule has 0 atom stereocenters. The smallest absolute Gasteiger partial charge is 0.339 e. The van der Waals surface area contributed by atoms with Crippen molar-refractivity contribution in [2.24, 2.45) is 0 Å². The first-order valence-corrected chi connectivity index (χ1v) is 11.7. The van der Waals surface area contributed by atoms with Crippen LogP contribution in [-0.2, 0) is 16.7 Å². The van der Waals surface area contributed by atoms with Gasteiger partial charge in [0.05, 0.1) is 12.2 Å². The van der Waals surface area contributed by atoms with E-state index in [1.165, 1.54) is 18.3 Å². The summed E-state index contributed by atoms with van der Waals surface area (Å²) in [6.07, 6.45) is 3.09. The van der Waals surface area contributed by atoms with E-state index in [0.29, 0.717) is 15.7 Å². The predicted octanol–water partition coefficient (Wildman–Crippen LogP) is 3.79. The molecular formula is C22H17BrN4O4S. The van der Waals surface area contributed by atoms with E-state index in [2.05, 4.69) is 36.2 Å². The number of carbonyl (C=O) groups excluding carboxylic acids is 1. The van der Waals surface area contributed by atoms with Crippen LogP contribution in [0.25, 0.3) is 10.9 Å². The number of nitrogens with zero attached hydrogens (tertiary/aromatic N) is 3. The van der Waals surface area contributed by atoms with Crippen LogP contribution in [0.3, 0.4) is 0 Å². The van der Waals surface area contributed by atoms with Gasteiger partial charge in [0, 0.05) is 17.8 Å². The predicted molar refractivity (Wildman–Crippen MR) is 122 cm³/mol. The van der Waals surface area contributed by atoms with Gasteiger partial charge < -0.3 is 9.50 Å². The van der Waals surface area contributed by atoms with Crippen molar-refractivity contribution >= 4 is 42.9 Å². The van der Waals surface area contributed by atoms with Crippen molar-refractivity contribution in [1.29, 1.82) is 0 Å². The zero-order valence-electron chi connectivity index (χ0n) is 16.8. The third kappa shape index (κ3) is 4.61. The van der Waals surface area contributed by atoms with E-state index < -0.39 is 16.0 Å². The topological polar surface area (TPSA) is 111 Å². The van der Waals surface area contributed by atoms with Gasteiger partial charge in [-0.2, -0.15) is 8.42 Å². The summed E-state index contributed by atoms with van der Waals surface area (Å²) >= 11 is 3.33. The molecule has 8 nitrogen and oxygen atoms in total. The lowest BCUT2D eigenvalue weighted by Gasteiger charge is -2.14. The summed E-state index contributed by atoms with van der Waals surface area (Å²) < 4.78 is 31.7. The molecule has 3 heterocycles. The highest BCUT2D eigenvalue weighted by Gasteiger charge is 2.26. The number of carbonyl (C=O) groups is 1. The van der Waals surface area contributed by atoms with E-state index in [9.17, 15) is 13.2 Å². The Hall–Kier alpha value is -3.37. The number of hydrogen-bond acceptors (Lipinski definition) is 7. The van der Waals surface area contributed by atoms with Gasteiger partial charge in [-0.3, -0.25) is 14.8 Å². The van der Waals surface area contributed by atoms with Crippen molar-refractivity contribution in [2.45, 2.75) is 18.4 Å². The maximum atomic E-state index is 13.0. The van der Waals surface area contributed by atoms with Crippen LogP contribution in [0.5, 0.6) is 5.75 Å². The highest BCUT2D eigenvalue weighted by molar-refractivity contribution is 9.10. The molecule has 0 spiro atoms. The summed E-state index contributed by atoms with van der Waals surface area (Å²) in [6.45, 7) is 1.97. The zero-order valence-corrected chi connectivity index (χ0v) is 19.2. The first kappa shape index (κ1) is 21.8. The summed E-state index contributed by atoms with van der Waals surface area (Å²) in [5.41, 5.74) is 1.51. The molecule has 162 valence electrons. The number of aromatic nitrogens is 3. The molecule has 0 aliphatic carbocycles. The maximum Gasteiger partial charge on any atom is 0.339 e. The second-order valence-corrected chi connectivity index (χ2v) is 9.13. The Morgan fingerprint density at radius 1 is 1.03 bits per heavy atom. The molecule has 0 bridgehead atoms. The number of halogens is 1. The summed E-state index contributed by atoms with van der Waals surface area (Å²) in [5, 5.41) is 3.20. The lowest BCUT2D eigenvalue weighted by atomic mass is 10.2. The minimum absolute atomic E-state index is 0.0463. The fourth-order valence-corrected chi connectivity index (χ4v) is 4.37. The molecule has 0 saturated carbocycles. The quantitative estimate of drug-likeness (QED) is 0.309. The molecule has 0 saturated heterocycles. The lowest BCUT2D eigenvalue weighted by molar-refractivity contribution is 0.0944. The molecule has 0 radical (unpaired) electrons. The van der Waals surface area contributed by atoms with E-state index in [1.54, 1.807) is 48.7 Å². The van der Waals surface area contributed by atoms with Crippen LogP contribution in [0.2, 0.25) is 0 Å². The van der Waals surface area contributed by atoms with Crippen LogP contribution in [0.15, 0.2) is 76.5 Å². The van der Waals surface area contributed by atoms with Gasteiger partial charge in [-0.15, -0.1) is 0 Å². The summed E-state index contributed by atoms with van der Waals surface area (Å²) in [7, 11) is -4.25. The molecule has 0 aliphatic rings. The third-order valence-electron chi connectivity index (χ3n) is 4.54. The largest absolute Gasteiger partial charge is 0.374 e. The van der Waals surface area contributed by atoms with Crippen molar-refractivity contribution in [3.63, 3.8) is 0 Å². The van der Waals surface area contributed by atoms with Gasteiger partial charge in [0.1, 0.15) is 15.0 Å². The molecule has 0 unspecified atom stereocenters. The Bertz CT molecular complexity index is 1400. The van der Waals surface area contributed by atoms with Gasteiger partial charge in [-0.05, 0) is 59.3 Å². The summed E-state index contributed by atoms with van der Waals surface area (Å²) in [5.74, 6) is -0.874. The Labute approximate surface area is 193 Å². The van der Waals surface area contributed by atoms with E-state index in [1.807, 2.05) is 6.92 Å². The average molecular weight is 513 g/mol. The van der Waals surface area contributed by atoms with Crippen molar-refractivity contribution in [3.05, 3.63) is 88.5 Å². The molecular weight excluding hydrogens is 496 g/mol. The standard InChI is InChI=1S/C22H17BrN4O4S/c1-14-7-9-16(10-8-14)32(29,30)31-20-18-17(6-4-12-25-18)21(23)27-19(20)22(28)26-13-15-5-2-3-11-24-15/h2-12H,13H2,1H3,(H,26,28). The Morgan fingerprint density at radius 3 is 2.50 bits per heavy atom. The van der Waals surface area contributed by atoms with E-state index in [4.69, 9.17) is 4.18 Å². The van der Waals surface area contributed by atoms with Gasteiger partial charge in [0.25, 0.3) is 5.91 Å². The molecule has 4 rings (SSSR count). The minimum atomic E-state index is -4.25. The first-order valence-electron chi connectivity index (χ1n) is 9.48. The number of amides is 1. The highest BCUT2D eigenvalue weighted by Crippen LogP contribution is 2.33. The fourth-order valence-electron chi connectivity index (χ4n) is 2.93. The Morgan fingerprint density at radius 2 is 1.78 bits per heavy atom. The SMILES string of the molecule is Cc1ccc(S(=O)(=O)Oc2c(C(=O)NCc3ccccn3)nc(Br)c3cccnc23)cc1. The molecule has 3 aromatic heterocycles. The first-order chi connectivity index (χ1) is 15.3. The van der Waals surface area contributed by atoms with Crippen molar-refractivity contribution in [1.82, 2.24) is 20.3 Å². The van der Waals surface area contributed by atoms with Crippen molar-refractivity contribution < 1.29 is 17.4 Å². The van der Waals surface area contributed by atoms with Crippen molar-refractivity contribution in [2.75, 3.05) is 0 Å². The van der Waals surface area contributed by atoms with Gasteiger partial charge >= 0.3 is 10.1 Å². The van der Waals surface area contributed by atoms with Crippen LogP contribution in [0.4, 0.5) is 0 Å². The monoisotopic (exact) mass is 512 g/mol. The second-order valence-electron chi connectivity index (χ2n) is 6.83. The van der Waals surface area contributed by atoms with Gasteiger partial charge in [-0.25, -0.2) is 4.98 Å². The fraction of sp³-hybridized carbons (Fsp3) is 0.0909. The lowest BCUT2D eigenvalue weighted by Crippen LogP contribution is -2.26. The number of aryl methyl sites for hydroxylation is 1. The molecule has 1 amide bonds. The Kier molecular flexibility index (Phi) is 6.15. The van der Waals surface area contributed by atoms with E-state index >= 15 is 0 Å². The number of hydrogen-bond donors (Lipinski definition) is 1. The van der Waals surface area contributed by atoms with Gasteiger partial charge in [0.15, 0.2) is 5.69 Å². The van der Waals surface area contributed by atoms with Crippen LogP contribution in [-0.4, -0.2) is 29.3 Å². The van der Waals surface area contributed by atoms with E-state index in [0.717, 1.165) is 5.56 Å². The summed E-state index contributed by atoms with van der Waals surface area (Å²) in [6, 6.07) is 14.9. The van der Waals surface area contributed by atoms with Crippen LogP contribution in [0, 0.1) is 6.92 Å². The van der Waals surface area contributed by atoms with E-state index in [-0.39, 0.29) is 28.4 Å². The number of rotatable bonds is 6.